The zero-order valence-corrected chi connectivity index (χ0v) is 19.5. The summed E-state index contributed by atoms with van der Waals surface area (Å²) < 4.78 is 39.9. The first kappa shape index (κ1) is 24.1. The predicted molar refractivity (Wildman–Crippen MR) is 130 cm³/mol. The summed E-state index contributed by atoms with van der Waals surface area (Å²) in [4.78, 5) is 29.5. The number of halogens is 4. The molecule has 5 nitrogen and oxygen atoms in total. The number of alkyl halides is 3. The molecule has 3 aromatic carbocycles. The van der Waals surface area contributed by atoms with Crippen molar-refractivity contribution in [1.82, 2.24) is 4.98 Å². The second-order valence-electron chi connectivity index (χ2n) is 7.00. The lowest BCUT2D eigenvalue weighted by Crippen LogP contribution is -2.18. The van der Waals surface area contributed by atoms with Gasteiger partial charge in [-0.05, 0) is 54.6 Å². The highest BCUT2D eigenvalue weighted by Crippen LogP contribution is 2.32. The van der Waals surface area contributed by atoms with Gasteiger partial charge in [0.1, 0.15) is 0 Å². The van der Waals surface area contributed by atoms with E-state index in [4.69, 9.17) is 11.6 Å². The number of fused-ring (bicyclic) bond motifs is 1. The van der Waals surface area contributed by atoms with Gasteiger partial charge in [-0.15, -0.1) is 11.3 Å². The van der Waals surface area contributed by atoms with Gasteiger partial charge in [0.15, 0.2) is 4.34 Å². The maximum atomic E-state index is 12.7. The number of thioether (sulfide) groups is 1. The van der Waals surface area contributed by atoms with E-state index in [-0.39, 0.29) is 17.2 Å². The SMILES string of the molecule is O=C(CSc1nc2cc(Cl)ccc2s1)Nc1ccccc1NC(=O)c1ccc(C(F)(F)F)cc1. The summed E-state index contributed by atoms with van der Waals surface area (Å²) in [6.07, 6.45) is -4.48. The number of carbonyl (C=O) groups excluding carboxylic acids is 2. The molecule has 2 amide bonds. The van der Waals surface area contributed by atoms with Crippen molar-refractivity contribution in [1.29, 1.82) is 0 Å². The largest absolute Gasteiger partial charge is 0.416 e. The molecular weight excluding hydrogens is 507 g/mol. The van der Waals surface area contributed by atoms with E-state index in [0.717, 1.165) is 38.8 Å². The minimum absolute atomic E-state index is 0.0561. The highest BCUT2D eigenvalue weighted by atomic mass is 35.5. The van der Waals surface area contributed by atoms with Crippen molar-refractivity contribution in [3.8, 4) is 0 Å². The van der Waals surface area contributed by atoms with Crippen LogP contribution in [0.4, 0.5) is 24.5 Å². The first-order valence-corrected chi connectivity index (χ1v) is 11.9. The smallest absolute Gasteiger partial charge is 0.324 e. The summed E-state index contributed by atoms with van der Waals surface area (Å²) in [6, 6.07) is 15.8. The Labute approximate surface area is 205 Å². The van der Waals surface area contributed by atoms with Crippen molar-refractivity contribution >= 4 is 68.1 Å². The Hall–Kier alpha value is -3.08. The number of para-hydroxylation sites is 2. The fraction of sp³-hybridized carbons (Fsp3) is 0.0870. The van der Waals surface area contributed by atoms with Crippen molar-refractivity contribution in [3.63, 3.8) is 0 Å². The van der Waals surface area contributed by atoms with Crippen molar-refractivity contribution in [2.24, 2.45) is 0 Å². The number of aromatic nitrogens is 1. The average molecular weight is 522 g/mol. The molecule has 1 heterocycles. The number of nitrogens with one attached hydrogen (secondary N) is 2. The highest BCUT2D eigenvalue weighted by molar-refractivity contribution is 8.01. The molecule has 2 N–H and O–H groups in total. The van der Waals surface area contributed by atoms with Crippen LogP contribution in [-0.4, -0.2) is 22.6 Å². The summed E-state index contributed by atoms with van der Waals surface area (Å²) in [5.41, 5.74) is 0.660. The van der Waals surface area contributed by atoms with Gasteiger partial charge in [0.2, 0.25) is 5.91 Å². The molecule has 11 heteroatoms. The van der Waals surface area contributed by atoms with Crippen LogP contribution in [-0.2, 0) is 11.0 Å². The number of amides is 2. The zero-order chi connectivity index (χ0) is 24.3. The molecule has 0 atom stereocenters. The molecule has 0 aliphatic carbocycles. The molecule has 174 valence electrons. The van der Waals surface area contributed by atoms with Gasteiger partial charge in [0.25, 0.3) is 5.91 Å². The van der Waals surface area contributed by atoms with Crippen LogP contribution in [0.25, 0.3) is 10.2 Å². The summed E-state index contributed by atoms with van der Waals surface area (Å²) in [5, 5.41) is 5.95. The number of anilines is 2. The van der Waals surface area contributed by atoms with Gasteiger partial charge in [-0.1, -0.05) is 35.5 Å². The van der Waals surface area contributed by atoms with Crippen LogP contribution in [0.2, 0.25) is 5.02 Å². The molecule has 0 unspecified atom stereocenters. The molecule has 0 saturated heterocycles. The number of hydrogen-bond donors (Lipinski definition) is 2. The highest BCUT2D eigenvalue weighted by Gasteiger charge is 2.30. The van der Waals surface area contributed by atoms with E-state index in [2.05, 4.69) is 15.6 Å². The Bertz CT molecular complexity index is 1360. The standard InChI is InChI=1S/C23H15ClF3N3O2S2/c24-15-9-10-19-18(11-15)30-22(34-19)33-12-20(31)28-16-3-1-2-4-17(16)29-21(32)13-5-7-14(8-6-13)23(25,26)27/h1-11H,12H2,(H,28,31)(H,29,32). The Balaban J connectivity index is 1.39. The average Bonchev–Trinajstić information content (AvgIpc) is 3.20. The lowest BCUT2D eigenvalue weighted by Gasteiger charge is -2.12. The molecule has 0 saturated carbocycles. The van der Waals surface area contributed by atoms with E-state index in [1.165, 1.54) is 23.1 Å². The molecule has 34 heavy (non-hydrogen) atoms. The molecule has 4 rings (SSSR count). The number of rotatable bonds is 6. The van der Waals surface area contributed by atoms with Crippen LogP contribution in [0, 0.1) is 0 Å². The summed E-state index contributed by atoms with van der Waals surface area (Å²) in [7, 11) is 0. The summed E-state index contributed by atoms with van der Waals surface area (Å²) in [6.45, 7) is 0. The van der Waals surface area contributed by atoms with Gasteiger partial charge in [0, 0.05) is 10.6 Å². The second-order valence-corrected chi connectivity index (χ2v) is 9.69. The maximum absolute atomic E-state index is 12.7. The number of nitrogens with zero attached hydrogens (tertiary/aromatic N) is 1. The van der Waals surface area contributed by atoms with Gasteiger partial charge >= 0.3 is 6.18 Å². The fourth-order valence-electron chi connectivity index (χ4n) is 2.96. The Morgan fingerprint density at radius 1 is 0.971 bits per heavy atom. The van der Waals surface area contributed by atoms with E-state index in [9.17, 15) is 22.8 Å². The number of hydrogen-bond acceptors (Lipinski definition) is 5. The Kier molecular flexibility index (Phi) is 7.11. The third kappa shape index (κ3) is 5.88. The van der Waals surface area contributed by atoms with Crippen LogP contribution < -0.4 is 10.6 Å². The minimum atomic E-state index is -4.48. The molecule has 0 radical (unpaired) electrons. The van der Waals surface area contributed by atoms with E-state index in [1.54, 1.807) is 36.4 Å². The van der Waals surface area contributed by atoms with Crippen LogP contribution in [0.15, 0.2) is 71.1 Å². The van der Waals surface area contributed by atoms with Crippen molar-refractivity contribution < 1.29 is 22.8 Å². The monoisotopic (exact) mass is 521 g/mol. The van der Waals surface area contributed by atoms with Gasteiger partial charge in [-0.25, -0.2) is 4.98 Å². The zero-order valence-electron chi connectivity index (χ0n) is 17.2. The molecular formula is C23H15ClF3N3O2S2. The molecule has 1 aromatic heterocycles. The Morgan fingerprint density at radius 2 is 1.65 bits per heavy atom. The van der Waals surface area contributed by atoms with E-state index in [1.807, 2.05) is 6.07 Å². The van der Waals surface area contributed by atoms with Crippen molar-refractivity contribution in [3.05, 3.63) is 82.9 Å². The Morgan fingerprint density at radius 3 is 2.32 bits per heavy atom. The molecule has 0 aliphatic rings. The van der Waals surface area contributed by atoms with Crippen LogP contribution >= 0.6 is 34.7 Å². The number of benzene rings is 3. The molecule has 0 bridgehead atoms. The van der Waals surface area contributed by atoms with Crippen LogP contribution in [0.5, 0.6) is 0 Å². The molecule has 0 aliphatic heterocycles. The first-order chi connectivity index (χ1) is 16.2. The van der Waals surface area contributed by atoms with Crippen molar-refractivity contribution in [2.45, 2.75) is 10.5 Å². The predicted octanol–water partition coefficient (Wildman–Crippen LogP) is 6.95. The molecule has 4 aromatic rings. The van der Waals surface area contributed by atoms with Gasteiger partial charge in [-0.2, -0.15) is 13.2 Å². The van der Waals surface area contributed by atoms with Crippen LogP contribution in [0.3, 0.4) is 0 Å². The van der Waals surface area contributed by atoms with E-state index in [0.29, 0.717) is 16.4 Å². The van der Waals surface area contributed by atoms with E-state index >= 15 is 0 Å². The third-order valence-corrected chi connectivity index (χ3v) is 6.99. The van der Waals surface area contributed by atoms with E-state index < -0.39 is 17.6 Å². The van der Waals surface area contributed by atoms with Gasteiger partial charge in [-0.3, -0.25) is 9.59 Å². The van der Waals surface area contributed by atoms with Crippen LogP contribution in [0.1, 0.15) is 15.9 Å². The summed E-state index contributed by atoms with van der Waals surface area (Å²) in [5.74, 6) is -0.814. The molecule has 0 spiro atoms. The fourth-order valence-corrected chi connectivity index (χ4v) is 4.98. The lowest BCUT2D eigenvalue weighted by molar-refractivity contribution is -0.137. The lowest BCUT2D eigenvalue weighted by atomic mass is 10.1. The van der Waals surface area contributed by atoms with Crippen molar-refractivity contribution in [2.75, 3.05) is 16.4 Å². The van der Waals surface area contributed by atoms with Gasteiger partial charge < -0.3 is 10.6 Å². The molecule has 0 fully saturated rings. The quantitative estimate of drug-likeness (QED) is 0.269. The minimum Gasteiger partial charge on any atom is -0.324 e. The van der Waals surface area contributed by atoms with Gasteiger partial charge in [0.05, 0.1) is 32.9 Å². The second kappa shape index (κ2) is 10.0. The first-order valence-electron chi connectivity index (χ1n) is 9.75. The third-order valence-electron chi connectivity index (χ3n) is 4.58. The number of thiazole rings is 1. The topological polar surface area (TPSA) is 71.1 Å². The number of carbonyl (C=O) groups is 2. The normalized spacial score (nSPS) is 11.4. The summed E-state index contributed by atoms with van der Waals surface area (Å²) >= 11 is 8.70. The maximum Gasteiger partial charge on any atom is 0.416 e.